The van der Waals surface area contributed by atoms with Gasteiger partial charge in [0, 0.05) is 15.7 Å². The Morgan fingerprint density at radius 2 is 1.88 bits per heavy atom. The second-order valence-electron chi connectivity index (χ2n) is 5.96. The first kappa shape index (κ1) is 18.7. The Labute approximate surface area is 164 Å². The summed E-state index contributed by atoms with van der Waals surface area (Å²) in [7, 11) is 0. The molecular formula is C19H18BrN3O2S. The zero-order valence-electron chi connectivity index (χ0n) is 14.4. The maximum Gasteiger partial charge on any atom is 0.277 e. The second-order valence-corrected chi connectivity index (χ2v) is 7.80. The summed E-state index contributed by atoms with van der Waals surface area (Å²) in [5.74, 6) is 0.870. The number of hydrogen-bond acceptors (Lipinski definition) is 5. The number of amides is 1. The van der Waals surface area contributed by atoms with E-state index in [0.29, 0.717) is 17.0 Å². The van der Waals surface area contributed by atoms with Gasteiger partial charge in [-0.05, 0) is 41.8 Å². The summed E-state index contributed by atoms with van der Waals surface area (Å²) in [6.45, 7) is 4.20. The van der Waals surface area contributed by atoms with E-state index < -0.39 is 0 Å². The van der Waals surface area contributed by atoms with Crippen molar-refractivity contribution in [2.45, 2.75) is 25.0 Å². The molecule has 0 aliphatic carbocycles. The fraction of sp³-hybridized carbons (Fsp3) is 0.211. The van der Waals surface area contributed by atoms with Crippen molar-refractivity contribution in [2.24, 2.45) is 0 Å². The van der Waals surface area contributed by atoms with Crippen molar-refractivity contribution in [1.82, 2.24) is 10.2 Å². The van der Waals surface area contributed by atoms with E-state index in [0.717, 1.165) is 21.3 Å². The first-order chi connectivity index (χ1) is 12.5. The van der Waals surface area contributed by atoms with Crippen LogP contribution in [0.25, 0.3) is 11.5 Å². The molecule has 0 unspecified atom stereocenters. The van der Waals surface area contributed by atoms with Crippen LogP contribution in [0.4, 0.5) is 5.69 Å². The molecule has 7 heteroatoms. The average Bonchev–Trinajstić information content (AvgIpc) is 3.10. The third-order valence-electron chi connectivity index (χ3n) is 3.68. The molecule has 0 aliphatic heterocycles. The molecule has 2 aromatic carbocycles. The Bertz CT molecular complexity index is 894. The number of hydrogen-bond donors (Lipinski definition) is 1. The zero-order valence-corrected chi connectivity index (χ0v) is 16.8. The van der Waals surface area contributed by atoms with Crippen LogP contribution in [-0.2, 0) is 4.79 Å². The van der Waals surface area contributed by atoms with E-state index in [4.69, 9.17) is 4.42 Å². The second kappa shape index (κ2) is 8.51. The minimum Gasteiger partial charge on any atom is -0.411 e. The predicted molar refractivity (Wildman–Crippen MR) is 107 cm³/mol. The third-order valence-corrected chi connectivity index (χ3v) is 5.03. The standard InChI is InChI=1S/C19H18BrN3O2S/c1-12(2)15-5-3-4-6-16(15)21-17(24)11-26-19-23-22-18(25-19)13-7-9-14(20)10-8-13/h3-10,12H,11H2,1-2H3,(H,21,24). The van der Waals surface area contributed by atoms with Crippen LogP contribution in [0.1, 0.15) is 25.3 Å². The highest BCUT2D eigenvalue weighted by atomic mass is 79.9. The number of para-hydroxylation sites is 1. The molecule has 26 heavy (non-hydrogen) atoms. The number of rotatable bonds is 6. The van der Waals surface area contributed by atoms with Gasteiger partial charge in [0.25, 0.3) is 5.22 Å². The lowest BCUT2D eigenvalue weighted by molar-refractivity contribution is -0.113. The highest BCUT2D eigenvalue weighted by Gasteiger charge is 2.13. The molecule has 0 aliphatic rings. The van der Waals surface area contributed by atoms with Crippen molar-refractivity contribution in [3.05, 3.63) is 58.6 Å². The minimum atomic E-state index is -0.105. The summed E-state index contributed by atoms with van der Waals surface area (Å²) in [5.41, 5.74) is 2.79. The van der Waals surface area contributed by atoms with Gasteiger partial charge in [-0.25, -0.2) is 0 Å². The molecular weight excluding hydrogens is 414 g/mol. The summed E-state index contributed by atoms with van der Waals surface area (Å²) >= 11 is 4.61. The molecule has 5 nitrogen and oxygen atoms in total. The number of benzene rings is 2. The van der Waals surface area contributed by atoms with Crippen LogP contribution < -0.4 is 5.32 Å². The van der Waals surface area contributed by atoms with E-state index in [1.54, 1.807) is 0 Å². The van der Waals surface area contributed by atoms with Gasteiger partial charge in [-0.1, -0.05) is 59.7 Å². The molecule has 0 spiro atoms. The Morgan fingerprint density at radius 1 is 1.15 bits per heavy atom. The Morgan fingerprint density at radius 3 is 2.62 bits per heavy atom. The highest BCUT2D eigenvalue weighted by Crippen LogP contribution is 2.26. The quantitative estimate of drug-likeness (QED) is 0.532. The van der Waals surface area contributed by atoms with Gasteiger partial charge in [0.05, 0.1) is 5.75 Å². The van der Waals surface area contributed by atoms with Crippen LogP contribution in [-0.4, -0.2) is 21.9 Å². The van der Waals surface area contributed by atoms with Gasteiger partial charge in [-0.2, -0.15) is 0 Å². The van der Waals surface area contributed by atoms with E-state index in [1.807, 2.05) is 48.5 Å². The summed E-state index contributed by atoms with van der Waals surface area (Å²) in [5, 5.41) is 11.3. The first-order valence-corrected chi connectivity index (χ1v) is 9.92. The molecule has 1 amide bonds. The van der Waals surface area contributed by atoms with E-state index in [9.17, 15) is 4.79 Å². The molecule has 3 aromatic rings. The summed E-state index contributed by atoms with van der Waals surface area (Å²) in [6.07, 6.45) is 0. The number of nitrogens with one attached hydrogen (secondary N) is 1. The molecule has 0 bridgehead atoms. The Hall–Kier alpha value is -2.12. The lowest BCUT2D eigenvalue weighted by Crippen LogP contribution is -2.15. The van der Waals surface area contributed by atoms with Crippen molar-refractivity contribution in [1.29, 1.82) is 0 Å². The number of nitrogens with zero attached hydrogens (tertiary/aromatic N) is 2. The van der Waals surface area contributed by atoms with Crippen LogP contribution in [0.15, 0.2) is 62.6 Å². The van der Waals surface area contributed by atoms with Gasteiger partial charge in [0.1, 0.15) is 0 Å². The maximum atomic E-state index is 12.2. The lowest BCUT2D eigenvalue weighted by Gasteiger charge is -2.13. The fourth-order valence-corrected chi connectivity index (χ4v) is 3.23. The SMILES string of the molecule is CC(C)c1ccccc1NC(=O)CSc1nnc(-c2ccc(Br)cc2)o1. The van der Waals surface area contributed by atoms with Crippen LogP contribution in [0, 0.1) is 0 Å². The van der Waals surface area contributed by atoms with Crippen LogP contribution in [0.2, 0.25) is 0 Å². The van der Waals surface area contributed by atoms with Crippen LogP contribution in [0.5, 0.6) is 0 Å². The molecule has 0 saturated heterocycles. The van der Waals surface area contributed by atoms with Crippen molar-refractivity contribution in [3.63, 3.8) is 0 Å². The normalized spacial score (nSPS) is 10.9. The van der Waals surface area contributed by atoms with Gasteiger partial charge in [-0.15, -0.1) is 10.2 Å². The largest absolute Gasteiger partial charge is 0.411 e. The van der Waals surface area contributed by atoms with E-state index in [-0.39, 0.29) is 11.7 Å². The number of carbonyl (C=O) groups excluding carboxylic acids is 1. The van der Waals surface area contributed by atoms with E-state index in [1.165, 1.54) is 11.8 Å². The average molecular weight is 432 g/mol. The van der Waals surface area contributed by atoms with Gasteiger partial charge >= 0.3 is 0 Å². The number of halogens is 1. The molecule has 3 rings (SSSR count). The molecule has 0 saturated carbocycles. The Balaban J connectivity index is 1.59. The number of carbonyl (C=O) groups is 1. The lowest BCUT2D eigenvalue weighted by atomic mass is 10.0. The van der Waals surface area contributed by atoms with Crippen molar-refractivity contribution in [2.75, 3.05) is 11.1 Å². The molecule has 0 atom stereocenters. The topological polar surface area (TPSA) is 68.0 Å². The molecule has 1 aromatic heterocycles. The number of anilines is 1. The fourth-order valence-electron chi connectivity index (χ4n) is 2.41. The first-order valence-electron chi connectivity index (χ1n) is 8.14. The summed E-state index contributed by atoms with van der Waals surface area (Å²) in [6, 6.07) is 15.4. The molecule has 0 fully saturated rings. The number of thioether (sulfide) groups is 1. The van der Waals surface area contributed by atoms with Crippen LogP contribution in [0.3, 0.4) is 0 Å². The number of aromatic nitrogens is 2. The van der Waals surface area contributed by atoms with Crippen molar-refractivity contribution >= 4 is 39.3 Å². The maximum absolute atomic E-state index is 12.2. The van der Waals surface area contributed by atoms with Crippen molar-refractivity contribution in [3.8, 4) is 11.5 Å². The van der Waals surface area contributed by atoms with Crippen LogP contribution >= 0.6 is 27.7 Å². The van der Waals surface area contributed by atoms with Gasteiger partial charge in [-0.3, -0.25) is 4.79 Å². The smallest absolute Gasteiger partial charge is 0.277 e. The van der Waals surface area contributed by atoms with Gasteiger partial charge in [0.2, 0.25) is 11.8 Å². The molecule has 0 radical (unpaired) electrons. The molecule has 134 valence electrons. The molecule has 1 heterocycles. The monoisotopic (exact) mass is 431 g/mol. The predicted octanol–water partition coefficient (Wildman–Crippen LogP) is 5.35. The molecule has 1 N–H and O–H groups in total. The highest BCUT2D eigenvalue weighted by molar-refractivity contribution is 9.10. The van der Waals surface area contributed by atoms with Gasteiger partial charge < -0.3 is 9.73 Å². The Kier molecular flexibility index (Phi) is 6.11. The van der Waals surface area contributed by atoms with E-state index in [2.05, 4.69) is 45.3 Å². The van der Waals surface area contributed by atoms with E-state index >= 15 is 0 Å². The summed E-state index contributed by atoms with van der Waals surface area (Å²) < 4.78 is 6.60. The van der Waals surface area contributed by atoms with Crippen molar-refractivity contribution < 1.29 is 9.21 Å². The summed E-state index contributed by atoms with van der Waals surface area (Å²) in [4.78, 5) is 12.2. The minimum absolute atomic E-state index is 0.105. The van der Waals surface area contributed by atoms with Gasteiger partial charge in [0.15, 0.2) is 0 Å². The third kappa shape index (κ3) is 4.74. The zero-order chi connectivity index (χ0) is 18.5.